The van der Waals surface area contributed by atoms with Crippen LogP contribution in [0, 0.1) is 5.92 Å². The number of aliphatic hydroxyl groups is 1. The molecule has 6 nitrogen and oxygen atoms in total. The van der Waals surface area contributed by atoms with Gasteiger partial charge in [-0.2, -0.15) is 13.2 Å². The van der Waals surface area contributed by atoms with Crippen LogP contribution in [0.25, 0.3) is 0 Å². The van der Waals surface area contributed by atoms with E-state index in [-0.39, 0.29) is 12.5 Å². The second kappa shape index (κ2) is 5.75. The lowest BCUT2D eigenvalue weighted by Gasteiger charge is -2.46. The molecule has 3 aliphatic rings. The smallest absolute Gasteiger partial charge is 0.410 e. The topological polar surface area (TPSA) is 70.1 Å². The van der Waals surface area contributed by atoms with Gasteiger partial charge in [-0.25, -0.2) is 4.79 Å². The number of amides is 2. The molecule has 3 fully saturated rings. The van der Waals surface area contributed by atoms with Crippen molar-refractivity contribution < 1.29 is 32.6 Å². The highest BCUT2D eigenvalue weighted by atomic mass is 19.4. The number of rotatable bonds is 1. The molecule has 0 aromatic rings. The largest absolute Gasteiger partial charge is 0.444 e. The number of ether oxygens (including phenoxy) is 1. The predicted molar refractivity (Wildman–Crippen MR) is 80.6 cm³/mol. The van der Waals surface area contributed by atoms with Gasteiger partial charge in [0, 0.05) is 6.54 Å². The van der Waals surface area contributed by atoms with Crippen molar-refractivity contribution in [3.05, 3.63) is 0 Å². The molecule has 5 atom stereocenters. The molecular formula is C16H23F3N2O4. The highest BCUT2D eigenvalue weighted by molar-refractivity contribution is 5.78. The highest BCUT2D eigenvalue weighted by Crippen LogP contribution is 2.46. The Bertz CT molecular complexity index is 575. The maximum Gasteiger partial charge on any atom is 0.410 e. The zero-order chi connectivity index (χ0) is 18.7. The number of likely N-dealkylation sites (tertiary alicyclic amines) is 1. The van der Waals surface area contributed by atoms with Gasteiger partial charge < -0.3 is 14.7 Å². The number of fused-ring (bicyclic) bond motifs is 2. The molecule has 3 aliphatic heterocycles. The summed E-state index contributed by atoms with van der Waals surface area (Å²) in [5, 5.41) is 10.6. The van der Waals surface area contributed by atoms with Crippen molar-refractivity contribution in [2.75, 3.05) is 6.54 Å². The lowest BCUT2D eigenvalue weighted by molar-refractivity contribution is -0.166. The van der Waals surface area contributed by atoms with Gasteiger partial charge in [-0.15, -0.1) is 0 Å². The number of carbonyl (C=O) groups excluding carboxylic acids is 2. The average molecular weight is 364 g/mol. The van der Waals surface area contributed by atoms with Gasteiger partial charge in [0.25, 0.3) is 0 Å². The summed E-state index contributed by atoms with van der Waals surface area (Å²) in [6, 6.07) is -1.82. The fraction of sp³-hybridized carbons (Fsp3) is 0.875. The number of aliphatic hydroxyl groups excluding tert-OH is 1. The van der Waals surface area contributed by atoms with E-state index >= 15 is 0 Å². The lowest BCUT2D eigenvalue weighted by atomic mass is 9.86. The molecule has 0 aliphatic carbocycles. The molecule has 2 amide bonds. The van der Waals surface area contributed by atoms with E-state index in [1.54, 1.807) is 20.8 Å². The van der Waals surface area contributed by atoms with Crippen LogP contribution in [0.3, 0.4) is 0 Å². The molecule has 3 saturated heterocycles. The predicted octanol–water partition coefficient (Wildman–Crippen LogP) is 1.91. The Morgan fingerprint density at radius 1 is 1.16 bits per heavy atom. The number of alkyl halides is 3. The second-order valence-electron chi connectivity index (χ2n) is 8.18. The van der Waals surface area contributed by atoms with Crippen molar-refractivity contribution in [3.8, 4) is 0 Å². The molecule has 0 radical (unpaired) electrons. The molecule has 3 heterocycles. The fourth-order valence-electron chi connectivity index (χ4n) is 4.38. The van der Waals surface area contributed by atoms with Gasteiger partial charge in [0.05, 0.1) is 24.2 Å². The van der Waals surface area contributed by atoms with Gasteiger partial charge in [-0.05, 0) is 39.5 Å². The Hall–Kier alpha value is -1.51. The Morgan fingerprint density at radius 2 is 1.76 bits per heavy atom. The number of hydrogen-bond donors (Lipinski definition) is 1. The van der Waals surface area contributed by atoms with Crippen LogP contribution in [-0.2, 0) is 9.53 Å². The summed E-state index contributed by atoms with van der Waals surface area (Å²) in [5.41, 5.74) is -0.719. The zero-order valence-corrected chi connectivity index (χ0v) is 14.4. The summed E-state index contributed by atoms with van der Waals surface area (Å²) in [5.74, 6) is -1.06. The van der Waals surface area contributed by atoms with Crippen LogP contribution in [0.5, 0.6) is 0 Å². The van der Waals surface area contributed by atoms with Gasteiger partial charge >= 0.3 is 12.3 Å². The first kappa shape index (κ1) is 18.3. The van der Waals surface area contributed by atoms with Crippen molar-refractivity contribution >= 4 is 12.0 Å². The van der Waals surface area contributed by atoms with E-state index in [1.807, 2.05) is 0 Å². The molecular weight excluding hydrogens is 341 g/mol. The van der Waals surface area contributed by atoms with Crippen LogP contribution >= 0.6 is 0 Å². The Balaban J connectivity index is 1.83. The first-order chi connectivity index (χ1) is 11.4. The highest BCUT2D eigenvalue weighted by Gasteiger charge is 2.61. The van der Waals surface area contributed by atoms with Crippen molar-refractivity contribution in [2.45, 2.75) is 76.0 Å². The third kappa shape index (κ3) is 3.43. The van der Waals surface area contributed by atoms with E-state index in [1.165, 1.54) is 4.90 Å². The number of piperidine rings is 2. The third-order valence-corrected chi connectivity index (χ3v) is 5.09. The van der Waals surface area contributed by atoms with Crippen molar-refractivity contribution in [1.29, 1.82) is 0 Å². The number of halogens is 3. The second-order valence-corrected chi connectivity index (χ2v) is 8.18. The first-order valence-corrected chi connectivity index (χ1v) is 8.43. The molecule has 9 heteroatoms. The molecule has 0 spiro atoms. The van der Waals surface area contributed by atoms with E-state index in [0.717, 1.165) is 4.90 Å². The lowest BCUT2D eigenvalue weighted by Crippen LogP contribution is -2.59. The van der Waals surface area contributed by atoms with E-state index in [4.69, 9.17) is 4.74 Å². The minimum absolute atomic E-state index is 0.0146. The van der Waals surface area contributed by atoms with Gasteiger partial charge in [-0.1, -0.05) is 0 Å². The standard InChI is InChI=1S/C16H23F3N2O4/c1-15(2,3)25-14(24)21-9-4-8-5-10(21)13(23)12(9)20(7-8)11(22)6-16(17,18)19/h8-10,12-13,23H,4-7H2,1-3H3/t8-,9+,10+,12-,13-/m0/s1. The summed E-state index contributed by atoms with van der Waals surface area (Å²) < 4.78 is 43.2. The molecule has 3 bridgehead atoms. The quantitative estimate of drug-likeness (QED) is 0.772. The minimum Gasteiger partial charge on any atom is -0.444 e. The molecule has 0 unspecified atom stereocenters. The Morgan fingerprint density at radius 3 is 2.32 bits per heavy atom. The summed E-state index contributed by atoms with van der Waals surface area (Å²) in [6.07, 6.45) is -6.76. The monoisotopic (exact) mass is 364 g/mol. The van der Waals surface area contributed by atoms with E-state index in [2.05, 4.69) is 0 Å². The molecule has 25 heavy (non-hydrogen) atoms. The van der Waals surface area contributed by atoms with Crippen LogP contribution in [0.1, 0.15) is 40.0 Å². The molecule has 0 aromatic heterocycles. The van der Waals surface area contributed by atoms with Gasteiger partial charge in [0.2, 0.25) is 5.91 Å². The van der Waals surface area contributed by atoms with Gasteiger partial charge in [0.1, 0.15) is 12.0 Å². The van der Waals surface area contributed by atoms with Crippen LogP contribution in [0.15, 0.2) is 0 Å². The summed E-state index contributed by atoms with van der Waals surface area (Å²) >= 11 is 0. The SMILES string of the molecule is CC(C)(C)OC(=O)N1[C@@H]2C[C@@H]3C[C@@H]1[C@@H]([C@H]2O)N(C(=O)CC(F)(F)F)C3. The number of nitrogens with zero attached hydrogens (tertiary/aromatic N) is 2. The Kier molecular flexibility index (Phi) is 4.21. The molecule has 1 N–H and O–H groups in total. The van der Waals surface area contributed by atoms with Crippen molar-refractivity contribution in [3.63, 3.8) is 0 Å². The van der Waals surface area contributed by atoms with Crippen molar-refractivity contribution in [2.24, 2.45) is 5.92 Å². The number of hydrogen-bond acceptors (Lipinski definition) is 4. The number of carbonyl (C=O) groups is 2. The minimum atomic E-state index is -4.60. The molecule has 0 saturated carbocycles. The first-order valence-electron chi connectivity index (χ1n) is 8.43. The van der Waals surface area contributed by atoms with Crippen LogP contribution < -0.4 is 0 Å². The third-order valence-electron chi connectivity index (χ3n) is 5.09. The fourth-order valence-corrected chi connectivity index (χ4v) is 4.38. The maximum atomic E-state index is 12.6. The molecule has 0 aromatic carbocycles. The van der Waals surface area contributed by atoms with E-state index < -0.39 is 54.4 Å². The molecule has 3 rings (SSSR count). The van der Waals surface area contributed by atoms with Crippen LogP contribution in [0.2, 0.25) is 0 Å². The van der Waals surface area contributed by atoms with E-state index in [0.29, 0.717) is 12.8 Å². The van der Waals surface area contributed by atoms with Crippen LogP contribution in [-0.4, -0.2) is 69.5 Å². The Labute approximate surface area is 143 Å². The average Bonchev–Trinajstić information content (AvgIpc) is 2.52. The zero-order valence-electron chi connectivity index (χ0n) is 14.4. The normalized spacial score (nSPS) is 34.4. The van der Waals surface area contributed by atoms with Gasteiger partial charge in [-0.3, -0.25) is 9.69 Å². The van der Waals surface area contributed by atoms with Gasteiger partial charge in [0.15, 0.2) is 0 Å². The summed E-state index contributed by atoms with van der Waals surface area (Å²) in [7, 11) is 0. The summed E-state index contributed by atoms with van der Waals surface area (Å²) in [6.45, 7) is 5.36. The van der Waals surface area contributed by atoms with Crippen LogP contribution in [0.4, 0.5) is 18.0 Å². The maximum absolute atomic E-state index is 12.6. The summed E-state index contributed by atoms with van der Waals surface area (Å²) in [4.78, 5) is 27.2. The van der Waals surface area contributed by atoms with E-state index in [9.17, 15) is 27.9 Å². The molecule has 142 valence electrons. The van der Waals surface area contributed by atoms with Crippen molar-refractivity contribution in [1.82, 2.24) is 9.80 Å².